The van der Waals surface area contributed by atoms with E-state index in [1.807, 2.05) is 31.2 Å². The summed E-state index contributed by atoms with van der Waals surface area (Å²) in [6, 6.07) is 7.48. The van der Waals surface area contributed by atoms with E-state index in [0.29, 0.717) is 19.5 Å². The van der Waals surface area contributed by atoms with Crippen molar-refractivity contribution in [2.75, 3.05) is 19.3 Å². The lowest BCUT2D eigenvalue weighted by atomic mass is 10.1. The first-order chi connectivity index (χ1) is 10.9. The number of fused-ring (bicyclic) bond motifs is 1. The number of carbonyl (C=O) groups is 1. The van der Waals surface area contributed by atoms with E-state index in [9.17, 15) is 13.2 Å². The number of benzene rings is 1. The van der Waals surface area contributed by atoms with Crippen LogP contribution in [0.1, 0.15) is 17.7 Å². The molecule has 1 aliphatic rings. The van der Waals surface area contributed by atoms with Gasteiger partial charge in [-0.25, -0.2) is 13.2 Å². The van der Waals surface area contributed by atoms with Crippen molar-refractivity contribution in [2.24, 2.45) is 0 Å². The molecule has 1 atom stereocenters. The van der Waals surface area contributed by atoms with Crippen molar-refractivity contribution >= 4 is 26.8 Å². The zero-order chi connectivity index (χ0) is 16.6. The van der Waals surface area contributed by atoms with Crippen LogP contribution in [0.4, 0.5) is 4.79 Å². The van der Waals surface area contributed by atoms with E-state index in [1.165, 1.54) is 6.26 Å². The number of nitrogens with zero attached hydrogens (tertiary/aromatic N) is 1. The molecule has 0 spiro atoms. The Kier molecular flexibility index (Phi) is 4.06. The average Bonchev–Trinajstić information content (AvgIpc) is 3.11. The predicted octanol–water partition coefficient (Wildman–Crippen LogP) is 2.07. The Balaban J connectivity index is 1.64. The van der Waals surface area contributed by atoms with Gasteiger partial charge in [0.15, 0.2) is 9.84 Å². The first-order valence-electron chi connectivity index (χ1n) is 7.55. The molecule has 1 N–H and O–H groups in total. The van der Waals surface area contributed by atoms with Crippen molar-refractivity contribution in [3.05, 3.63) is 35.6 Å². The van der Waals surface area contributed by atoms with E-state index in [-0.39, 0.29) is 12.6 Å². The normalized spacial score (nSPS) is 18.5. The highest BCUT2D eigenvalue weighted by Gasteiger charge is 2.32. The van der Waals surface area contributed by atoms with Crippen molar-refractivity contribution < 1.29 is 17.6 Å². The minimum Gasteiger partial charge on any atom is -0.459 e. The minimum atomic E-state index is -3.10. The number of likely N-dealkylation sites (tertiary alicyclic amines) is 1. The number of urea groups is 1. The van der Waals surface area contributed by atoms with Crippen LogP contribution in [-0.2, 0) is 16.4 Å². The first-order valence-corrected chi connectivity index (χ1v) is 9.50. The van der Waals surface area contributed by atoms with Gasteiger partial charge >= 0.3 is 6.03 Å². The third kappa shape index (κ3) is 3.19. The summed E-state index contributed by atoms with van der Waals surface area (Å²) in [5.74, 6) is 0.721. The van der Waals surface area contributed by atoms with Gasteiger partial charge in [0.25, 0.3) is 0 Å². The van der Waals surface area contributed by atoms with Gasteiger partial charge in [-0.05, 0) is 19.4 Å². The number of para-hydroxylation sites is 1. The molecular weight excluding hydrogens is 316 g/mol. The Morgan fingerprint density at radius 2 is 2.13 bits per heavy atom. The van der Waals surface area contributed by atoms with E-state index in [4.69, 9.17) is 4.42 Å². The second kappa shape index (κ2) is 5.88. The van der Waals surface area contributed by atoms with Crippen LogP contribution in [0.2, 0.25) is 0 Å². The lowest BCUT2D eigenvalue weighted by molar-refractivity contribution is 0.207. The van der Waals surface area contributed by atoms with Crippen LogP contribution in [-0.4, -0.2) is 43.9 Å². The lowest BCUT2D eigenvalue weighted by Crippen LogP contribution is -2.39. The van der Waals surface area contributed by atoms with Crippen LogP contribution in [0.3, 0.4) is 0 Å². The highest BCUT2D eigenvalue weighted by atomic mass is 32.2. The van der Waals surface area contributed by atoms with Crippen LogP contribution >= 0.6 is 0 Å². The summed E-state index contributed by atoms with van der Waals surface area (Å²) < 4.78 is 28.9. The summed E-state index contributed by atoms with van der Waals surface area (Å²) in [4.78, 5) is 13.7. The summed E-state index contributed by atoms with van der Waals surface area (Å²) in [5.41, 5.74) is 1.81. The molecule has 6 nitrogen and oxygen atoms in total. The minimum absolute atomic E-state index is 0.254. The second-order valence-corrected chi connectivity index (χ2v) is 8.32. The van der Waals surface area contributed by atoms with Gasteiger partial charge in [-0.15, -0.1) is 0 Å². The molecule has 1 fully saturated rings. The molecule has 1 saturated heterocycles. The summed E-state index contributed by atoms with van der Waals surface area (Å²) >= 11 is 0. The van der Waals surface area contributed by atoms with Gasteiger partial charge in [0.1, 0.15) is 11.3 Å². The fourth-order valence-corrected chi connectivity index (χ4v) is 3.91. The van der Waals surface area contributed by atoms with Crippen molar-refractivity contribution in [1.82, 2.24) is 10.2 Å². The zero-order valence-corrected chi connectivity index (χ0v) is 14.0. The molecule has 1 aromatic carbocycles. The predicted molar refractivity (Wildman–Crippen MR) is 88.0 cm³/mol. The van der Waals surface area contributed by atoms with Gasteiger partial charge in [0.05, 0.1) is 11.8 Å². The van der Waals surface area contributed by atoms with Crippen molar-refractivity contribution in [3.63, 3.8) is 0 Å². The zero-order valence-electron chi connectivity index (χ0n) is 13.2. The number of aryl methyl sites for hydroxylation is 1. The summed E-state index contributed by atoms with van der Waals surface area (Å²) in [6.45, 7) is 2.97. The Hall–Kier alpha value is -2.02. The second-order valence-electron chi connectivity index (χ2n) is 5.99. The largest absolute Gasteiger partial charge is 0.459 e. The number of rotatable bonds is 3. The maximum atomic E-state index is 12.2. The standard InChI is InChI=1S/C16H20N2O4S/c1-11-13-5-3-4-6-14(13)22-15(11)9-17-16(19)18-8-7-12(10-18)23(2,20)21/h3-6,12H,7-10H2,1-2H3,(H,17,19). The summed E-state index contributed by atoms with van der Waals surface area (Å²) in [5, 5.41) is 3.39. The van der Waals surface area contributed by atoms with Crippen molar-refractivity contribution in [2.45, 2.75) is 25.1 Å². The number of furan rings is 1. The molecule has 2 heterocycles. The van der Waals surface area contributed by atoms with Gasteiger partial charge in [-0.2, -0.15) is 0 Å². The van der Waals surface area contributed by atoms with Gasteiger partial charge in [0.2, 0.25) is 0 Å². The number of hydrogen-bond acceptors (Lipinski definition) is 4. The average molecular weight is 336 g/mol. The van der Waals surface area contributed by atoms with E-state index in [2.05, 4.69) is 5.32 Å². The van der Waals surface area contributed by atoms with E-state index < -0.39 is 15.1 Å². The Bertz CT molecular complexity index is 841. The maximum absolute atomic E-state index is 12.2. The number of carbonyl (C=O) groups excluding carboxylic acids is 1. The van der Waals surface area contributed by atoms with Crippen LogP contribution in [0.15, 0.2) is 28.7 Å². The van der Waals surface area contributed by atoms with Gasteiger partial charge < -0.3 is 14.6 Å². The molecular formula is C16H20N2O4S. The monoisotopic (exact) mass is 336 g/mol. The fourth-order valence-electron chi connectivity index (χ4n) is 2.92. The molecule has 124 valence electrons. The topological polar surface area (TPSA) is 79.6 Å². The Labute approximate surface area is 135 Å². The number of sulfone groups is 1. The first kappa shape index (κ1) is 15.9. The van der Waals surface area contributed by atoms with Crippen LogP contribution in [0.5, 0.6) is 0 Å². The van der Waals surface area contributed by atoms with Crippen LogP contribution in [0, 0.1) is 6.92 Å². The summed E-state index contributed by atoms with van der Waals surface area (Å²) in [7, 11) is -3.10. The lowest BCUT2D eigenvalue weighted by Gasteiger charge is -2.16. The molecule has 7 heteroatoms. The number of hydrogen-bond donors (Lipinski definition) is 1. The molecule has 0 aliphatic carbocycles. The van der Waals surface area contributed by atoms with E-state index in [0.717, 1.165) is 22.3 Å². The molecule has 3 rings (SSSR count). The van der Waals surface area contributed by atoms with Crippen LogP contribution < -0.4 is 5.32 Å². The van der Waals surface area contributed by atoms with E-state index in [1.54, 1.807) is 4.90 Å². The molecule has 1 aliphatic heterocycles. The smallest absolute Gasteiger partial charge is 0.317 e. The SMILES string of the molecule is Cc1c(CNC(=O)N2CCC(S(C)(=O)=O)C2)oc2ccccc12. The molecule has 0 radical (unpaired) electrons. The van der Waals surface area contributed by atoms with Gasteiger partial charge in [0, 0.05) is 30.3 Å². The van der Waals surface area contributed by atoms with Crippen LogP contribution in [0.25, 0.3) is 11.0 Å². The molecule has 2 aromatic rings. The highest BCUT2D eigenvalue weighted by molar-refractivity contribution is 7.91. The molecule has 2 amide bonds. The molecule has 0 saturated carbocycles. The molecule has 23 heavy (non-hydrogen) atoms. The third-order valence-corrected chi connectivity index (χ3v) is 5.98. The fraction of sp³-hybridized carbons (Fsp3) is 0.438. The molecule has 1 unspecified atom stereocenters. The highest BCUT2D eigenvalue weighted by Crippen LogP contribution is 2.24. The number of amides is 2. The maximum Gasteiger partial charge on any atom is 0.317 e. The molecule has 0 bridgehead atoms. The van der Waals surface area contributed by atoms with E-state index >= 15 is 0 Å². The Morgan fingerprint density at radius 1 is 1.39 bits per heavy atom. The summed E-state index contributed by atoms with van der Waals surface area (Å²) in [6.07, 6.45) is 1.72. The molecule has 1 aromatic heterocycles. The van der Waals surface area contributed by atoms with Crippen molar-refractivity contribution in [1.29, 1.82) is 0 Å². The number of nitrogens with one attached hydrogen (secondary N) is 1. The van der Waals surface area contributed by atoms with Gasteiger partial charge in [-0.3, -0.25) is 0 Å². The van der Waals surface area contributed by atoms with Gasteiger partial charge in [-0.1, -0.05) is 18.2 Å². The Morgan fingerprint density at radius 3 is 2.78 bits per heavy atom. The quantitative estimate of drug-likeness (QED) is 0.930. The van der Waals surface area contributed by atoms with Crippen molar-refractivity contribution in [3.8, 4) is 0 Å². The third-order valence-electron chi connectivity index (χ3n) is 4.38.